The molecule has 2 aromatic rings. The zero-order valence-corrected chi connectivity index (χ0v) is 10.8. The van der Waals surface area contributed by atoms with Crippen molar-refractivity contribution in [2.45, 2.75) is 6.42 Å². The lowest BCUT2D eigenvalue weighted by Crippen LogP contribution is -2.19. The van der Waals surface area contributed by atoms with Crippen LogP contribution >= 0.6 is 11.6 Å². The van der Waals surface area contributed by atoms with Gasteiger partial charge in [-0.25, -0.2) is 5.43 Å². The molecule has 1 amide bonds. The molecule has 0 aliphatic rings. The molecular formula is C14H12ClN3O. The summed E-state index contributed by atoms with van der Waals surface area (Å²) in [4.78, 5) is 15.6. The summed E-state index contributed by atoms with van der Waals surface area (Å²) in [6.07, 6.45) is 5.07. The van der Waals surface area contributed by atoms with Gasteiger partial charge in [-0.3, -0.25) is 9.78 Å². The number of benzene rings is 1. The van der Waals surface area contributed by atoms with Crippen LogP contribution in [0.3, 0.4) is 0 Å². The van der Waals surface area contributed by atoms with Crippen molar-refractivity contribution in [3.05, 3.63) is 64.9 Å². The van der Waals surface area contributed by atoms with Gasteiger partial charge in [0.2, 0.25) is 5.91 Å². The number of nitrogens with zero attached hydrogens (tertiary/aromatic N) is 2. The summed E-state index contributed by atoms with van der Waals surface area (Å²) in [5.74, 6) is -0.215. The van der Waals surface area contributed by atoms with Crippen LogP contribution in [0, 0.1) is 0 Å². The summed E-state index contributed by atoms with van der Waals surface area (Å²) in [6.45, 7) is 0. The van der Waals surface area contributed by atoms with Crippen LogP contribution < -0.4 is 5.43 Å². The van der Waals surface area contributed by atoms with Crippen LogP contribution in [0.15, 0.2) is 53.9 Å². The van der Waals surface area contributed by atoms with Crippen molar-refractivity contribution in [2.75, 3.05) is 0 Å². The molecule has 5 heteroatoms. The van der Waals surface area contributed by atoms with E-state index in [0.29, 0.717) is 5.02 Å². The molecule has 1 N–H and O–H groups in total. The summed E-state index contributed by atoms with van der Waals surface area (Å²) in [5.41, 5.74) is 4.05. The molecule has 1 heterocycles. The fraction of sp³-hybridized carbons (Fsp3) is 0.0714. The van der Waals surface area contributed by atoms with Crippen LogP contribution in [0.25, 0.3) is 0 Å². The maximum absolute atomic E-state index is 11.7. The van der Waals surface area contributed by atoms with E-state index >= 15 is 0 Å². The molecule has 0 aliphatic carbocycles. The molecule has 0 bridgehead atoms. The molecule has 0 radical (unpaired) electrons. The highest BCUT2D eigenvalue weighted by atomic mass is 35.5. The van der Waals surface area contributed by atoms with Crippen molar-refractivity contribution in [1.82, 2.24) is 10.4 Å². The van der Waals surface area contributed by atoms with E-state index in [1.807, 2.05) is 24.3 Å². The molecule has 0 atom stereocenters. The van der Waals surface area contributed by atoms with Gasteiger partial charge in [-0.05, 0) is 17.7 Å². The van der Waals surface area contributed by atoms with Gasteiger partial charge < -0.3 is 0 Å². The van der Waals surface area contributed by atoms with Gasteiger partial charge in [0.15, 0.2) is 0 Å². The van der Waals surface area contributed by atoms with Crippen LogP contribution in [0.1, 0.15) is 11.1 Å². The third-order valence-electron chi connectivity index (χ3n) is 2.40. The van der Waals surface area contributed by atoms with Crippen molar-refractivity contribution in [1.29, 1.82) is 0 Å². The van der Waals surface area contributed by atoms with Gasteiger partial charge in [0.25, 0.3) is 0 Å². The van der Waals surface area contributed by atoms with E-state index in [1.54, 1.807) is 24.5 Å². The van der Waals surface area contributed by atoms with Gasteiger partial charge >= 0.3 is 0 Å². The highest BCUT2D eigenvalue weighted by Crippen LogP contribution is 2.15. The number of carbonyl (C=O) groups excluding carboxylic acids is 1. The van der Waals surface area contributed by atoms with E-state index in [1.165, 1.54) is 6.21 Å². The maximum Gasteiger partial charge on any atom is 0.244 e. The number of aromatic nitrogens is 1. The second-order valence-electron chi connectivity index (χ2n) is 3.85. The number of rotatable bonds is 4. The molecule has 0 unspecified atom stereocenters. The summed E-state index contributed by atoms with van der Waals surface area (Å²) < 4.78 is 0. The van der Waals surface area contributed by atoms with E-state index in [2.05, 4.69) is 15.5 Å². The quantitative estimate of drug-likeness (QED) is 0.687. The Bertz CT molecular complexity index is 584. The van der Waals surface area contributed by atoms with Crippen molar-refractivity contribution in [3.63, 3.8) is 0 Å². The molecule has 4 nitrogen and oxygen atoms in total. The molecule has 0 aliphatic heterocycles. The molecule has 1 aromatic carbocycles. The first-order valence-corrected chi connectivity index (χ1v) is 6.09. The van der Waals surface area contributed by atoms with E-state index in [4.69, 9.17) is 11.6 Å². The topological polar surface area (TPSA) is 54.4 Å². The lowest BCUT2D eigenvalue weighted by Gasteiger charge is -2.02. The van der Waals surface area contributed by atoms with Crippen LogP contribution in [0.4, 0.5) is 0 Å². The summed E-state index contributed by atoms with van der Waals surface area (Å²) in [7, 11) is 0. The van der Waals surface area contributed by atoms with Crippen LogP contribution in [-0.4, -0.2) is 17.1 Å². The Balaban J connectivity index is 1.89. The van der Waals surface area contributed by atoms with Crippen molar-refractivity contribution in [3.8, 4) is 0 Å². The van der Waals surface area contributed by atoms with E-state index in [9.17, 15) is 4.79 Å². The SMILES string of the molecule is O=C(Cc1ccccc1Cl)N/N=C\c1cccnc1. The third kappa shape index (κ3) is 4.19. The van der Waals surface area contributed by atoms with Gasteiger partial charge in [0, 0.05) is 23.0 Å². The summed E-state index contributed by atoms with van der Waals surface area (Å²) in [5, 5.41) is 4.44. The molecular weight excluding hydrogens is 262 g/mol. The molecule has 2 rings (SSSR count). The highest BCUT2D eigenvalue weighted by molar-refractivity contribution is 6.31. The van der Waals surface area contributed by atoms with Crippen LogP contribution in [-0.2, 0) is 11.2 Å². The first-order valence-electron chi connectivity index (χ1n) is 5.71. The van der Waals surface area contributed by atoms with E-state index in [-0.39, 0.29) is 12.3 Å². The standard InChI is InChI=1S/C14H12ClN3O/c15-13-6-2-1-5-12(13)8-14(19)18-17-10-11-4-3-7-16-9-11/h1-7,9-10H,8H2,(H,18,19)/b17-10-. The Hall–Kier alpha value is -2.20. The summed E-state index contributed by atoms with van der Waals surface area (Å²) in [6, 6.07) is 10.9. The average Bonchev–Trinajstić information content (AvgIpc) is 2.43. The number of halogens is 1. The van der Waals surface area contributed by atoms with E-state index < -0.39 is 0 Å². The molecule has 0 spiro atoms. The number of pyridine rings is 1. The minimum Gasteiger partial charge on any atom is -0.273 e. The zero-order valence-electron chi connectivity index (χ0n) is 10.1. The van der Waals surface area contributed by atoms with Crippen LogP contribution in [0.2, 0.25) is 5.02 Å². The Morgan fingerprint density at radius 1 is 1.32 bits per heavy atom. The number of amides is 1. The molecule has 0 saturated heterocycles. The predicted octanol–water partition coefficient (Wildman–Crippen LogP) is 2.43. The number of hydrogen-bond acceptors (Lipinski definition) is 3. The van der Waals surface area contributed by atoms with Crippen molar-refractivity contribution < 1.29 is 4.79 Å². The Morgan fingerprint density at radius 2 is 2.16 bits per heavy atom. The molecule has 0 fully saturated rings. The Labute approximate surface area is 116 Å². The molecule has 19 heavy (non-hydrogen) atoms. The molecule has 1 aromatic heterocycles. The fourth-order valence-corrected chi connectivity index (χ4v) is 1.69. The normalized spacial score (nSPS) is 10.6. The number of nitrogens with one attached hydrogen (secondary N) is 1. The lowest BCUT2D eigenvalue weighted by molar-refractivity contribution is -0.120. The largest absolute Gasteiger partial charge is 0.273 e. The van der Waals surface area contributed by atoms with Crippen LogP contribution in [0.5, 0.6) is 0 Å². The zero-order chi connectivity index (χ0) is 13.5. The smallest absolute Gasteiger partial charge is 0.244 e. The van der Waals surface area contributed by atoms with Gasteiger partial charge in [0.1, 0.15) is 0 Å². The highest BCUT2D eigenvalue weighted by Gasteiger charge is 2.04. The van der Waals surface area contributed by atoms with Crippen molar-refractivity contribution >= 4 is 23.7 Å². The number of carbonyl (C=O) groups is 1. The van der Waals surface area contributed by atoms with Crippen molar-refractivity contribution in [2.24, 2.45) is 5.10 Å². The first kappa shape index (κ1) is 13.2. The van der Waals surface area contributed by atoms with Gasteiger partial charge in [-0.15, -0.1) is 0 Å². The maximum atomic E-state index is 11.7. The minimum atomic E-state index is -0.215. The van der Waals surface area contributed by atoms with Gasteiger partial charge in [0.05, 0.1) is 12.6 Å². The number of hydrazone groups is 1. The fourth-order valence-electron chi connectivity index (χ4n) is 1.49. The average molecular weight is 274 g/mol. The lowest BCUT2D eigenvalue weighted by atomic mass is 10.1. The van der Waals surface area contributed by atoms with Gasteiger partial charge in [-0.1, -0.05) is 35.9 Å². The number of hydrogen-bond donors (Lipinski definition) is 1. The molecule has 0 saturated carbocycles. The predicted molar refractivity (Wildman–Crippen MR) is 75.1 cm³/mol. The minimum absolute atomic E-state index is 0.198. The van der Waals surface area contributed by atoms with Gasteiger partial charge in [-0.2, -0.15) is 5.10 Å². The monoisotopic (exact) mass is 273 g/mol. The Morgan fingerprint density at radius 3 is 2.89 bits per heavy atom. The van der Waals surface area contributed by atoms with E-state index in [0.717, 1.165) is 11.1 Å². The third-order valence-corrected chi connectivity index (χ3v) is 2.76. The second-order valence-corrected chi connectivity index (χ2v) is 4.25. The Kier molecular flexibility index (Phi) is 4.64. The first-order chi connectivity index (χ1) is 9.25. The second kappa shape index (κ2) is 6.66. The molecule has 96 valence electrons. The summed E-state index contributed by atoms with van der Waals surface area (Å²) >= 11 is 5.97.